The summed E-state index contributed by atoms with van der Waals surface area (Å²) in [4.78, 5) is 12.2. The van der Waals surface area contributed by atoms with Crippen molar-refractivity contribution in [3.63, 3.8) is 0 Å². The van der Waals surface area contributed by atoms with Crippen molar-refractivity contribution in [2.24, 2.45) is 5.10 Å². The van der Waals surface area contributed by atoms with Crippen molar-refractivity contribution in [2.45, 2.75) is 13.5 Å². The van der Waals surface area contributed by atoms with E-state index in [-0.39, 0.29) is 11.7 Å². The van der Waals surface area contributed by atoms with Crippen LogP contribution in [0.1, 0.15) is 28.4 Å². The molecule has 0 heterocycles. The zero-order valence-corrected chi connectivity index (χ0v) is 14.9. The second-order valence-electron chi connectivity index (χ2n) is 5.95. The molecule has 0 aromatic heterocycles. The molecule has 0 fully saturated rings. The van der Waals surface area contributed by atoms with Gasteiger partial charge in [0.25, 0.3) is 5.91 Å². The molecule has 3 aromatic rings. The first kappa shape index (κ1) is 18.2. The summed E-state index contributed by atoms with van der Waals surface area (Å²) in [6, 6.07) is 23.6. The summed E-state index contributed by atoms with van der Waals surface area (Å²) < 4.78 is 5.71. The zero-order chi connectivity index (χ0) is 19.1. The van der Waals surface area contributed by atoms with E-state index in [0.717, 1.165) is 5.56 Å². The second kappa shape index (κ2) is 8.67. The quantitative estimate of drug-likeness (QED) is 0.513. The minimum atomic E-state index is -0.334. The monoisotopic (exact) mass is 360 g/mol. The molecule has 1 amide bonds. The summed E-state index contributed by atoms with van der Waals surface area (Å²) in [7, 11) is 0. The predicted octanol–water partition coefficient (Wildman–Crippen LogP) is 4.13. The van der Waals surface area contributed by atoms with Crippen LogP contribution in [0.15, 0.2) is 84.0 Å². The SMILES string of the molecule is C/C(=N\NC(=O)c1ccc(OCc2ccccc2)cc1)c1ccccc1O. The molecule has 0 aliphatic carbocycles. The first-order valence-corrected chi connectivity index (χ1v) is 8.53. The lowest BCUT2D eigenvalue weighted by molar-refractivity contribution is 0.0954. The Morgan fingerprint density at radius 2 is 1.63 bits per heavy atom. The van der Waals surface area contributed by atoms with Gasteiger partial charge in [0.15, 0.2) is 0 Å². The van der Waals surface area contributed by atoms with Gasteiger partial charge in [-0.25, -0.2) is 5.43 Å². The van der Waals surface area contributed by atoms with E-state index in [2.05, 4.69) is 10.5 Å². The van der Waals surface area contributed by atoms with Crippen LogP contribution in [0.25, 0.3) is 0 Å². The minimum absolute atomic E-state index is 0.118. The normalized spacial score (nSPS) is 11.1. The first-order valence-electron chi connectivity index (χ1n) is 8.53. The van der Waals surface area contributed by atoms with Gasteiger partial charge in [0.2, 0.25) is 0 Å². The van der Waals surface area contributed by atoms with E-state index >= 15 is 0 Å². The maximum absolute atomic E-state index is 12.2. The second-order valence-corrected chi connectivity index (χ2v) is 5.95. The van der Waals surface area contributed by atoms with Gasteiger partial charge < -0.3 is 9.84 Å². The average Bonchev–Trinajstić information content (AvgIpc) is 2.72. The average molecular weight is 360 g/mol. The summed E-state index contributed by atoms with van der Waals surface area (Å²) in [6.07, 6.45) is 0. The van der Waals surface area contributed by atoms with E-state index < -0.39 is 0 Å². The van der Waals surface area contributed by atoms with Crippen LogP contribution in [0.3, 0.4) is 0 Å². The van der Waals surface area contributed by atoms with Gasteiger partial charge in [-0.15, -0.1) is 0 Å². The molecular formula is C22H20N2O3. The molecule has 136 valence electrons. The molecule has 3 aromatic carbocycles. The highest BCUT2D eigenvalue weighted by Crippen LogP contribution is 2.17. The lowest BCUT2D eigenvalue weighted by atomic mass is 10.1. The van der Waals surface area contributed by atoms with Gasteiger partial charge in [-0.1, -0.05) is 42.5 Å². The van der Waals surface area contributed by atoms with Crippen LogP contribution >= 0.6 is 0 Å². The molecule has 0 unspecified atom stereocenters. The number of phenols is 1. The van der Waals surface area contributed by atoms with Crippen molar-refractivity contribution in [2.75, 3.05) is 0 Å². The number of aromatic hydroxyl groups is 1. The van der Waals surface area contributed by atoms with E-state index in [1.807, 2.05) is 30.3 Å². The summed E-state index contributed by atoms with van der Waals surface area (Å²) in [5, 5.41) is 13.9. The highest BCUT2D eigenvalue weighted by atomic mass is 16.5. The number of carbonyl (C=O) groups excluding carboxylic acids is 1. The van der Waals surface area contributed by atoms with Gasteiger partial charge >= 0.3 is 0 Å². The molecule has 0 bridgehead atoms. The number of phenolic OH excluding ortho intramolecular Hbond substituents is 1. The molecule has 0 radical (unpaired) electrons. The standard InChI is InChI=1S/C22H20N2O3/c1-16(20-9-5-6-10-21(20)25)23-24-22(26)18-11-13-19(14-12-18)27-15-17-7-3-2-4-8-17/h2-14,25H,15H2,1H3,(H,24,26)/b23-16+. The summed E-state index contributed by atoms with van der Waals surface area (Å²) in [5.41, 5.74) is 5.13. The zero-order valence-electron chi connectivity index (χ0n) is 14.9. The van der Waals surface area contributed by atoms with Crippen LogP contribution in [-0.4, -0.2) is 16.7 Å². The van der Waals surface area contributed by atoms with Crippen molar-refractivity contribution >= 4 is 11.6 Å². The topological polar surface area (TPSA) is 70.9 Å². The highest BCUT2D eigenvalue weighted by Gasteiger charge is 2.07. The number of hydrogen-bond donors (Lipinski definition) is 2. The number of nitrogens with one attached hydrogen (secondary N) is 1. The number of benzene rings is 3. The van der Waals surface area contributed by atoms with Crippen LogP contribution in [0, 0.1) is 0 Å². The number of amides is 1. The lowest BCUT2D eigenvalue weighted by Gasteiger charge is -2.07. The Kier molecular flexibility index (Phi) is 5.84. The Labute approximate surface area is 157 Å². The van der Waals surface area contributed by atoms with Gasteiger partial charge in [0.1, 0.15) is 18.1 Å². The molecule has 5 nitrogen and oxygen atoms in total. The van der Waals surface area contributed by atoms with Crippen LogP contribution in [-0.2, 0) is 6.61 Å². The van der Waals surface area contributed by atoms with E-state index in [1.54, 1.807) is 55.5 Å². The van der Waals surface area contributed by atoms with Crippen molar-refractivity contribution in [3.05, 3.63) is 95.6 Å². The Hall–Kier alpha value is -3.60. The first-order chi connectivity index (χ1) is 13.1. The largest absolute Gasteiger partial charge is 0.507 e. The fourth-order valence-corrected chi connectivity index (χ4v) is 2.48. The number of rotatable bonds is 6. The third kappa shape index (κ3) is 4.95. The Morgan fingerprint density at radius 3 is 2.33 bits per heavy atom. The van der Waals surface area contributed by atoms with Crippen LogP contribution < -0.4 is 10.2 Å². The summed E-state index contributed by atoms with van der Waals surface area (Å²) in [6.45, 7) is 2.19. The molecule has 27 heavy (non-hydrogen) atoms. The maximum atomic E-state index is 12.2. The molecule has 0 aliphatic heterocycles. The van der Waals surface area contributed by atoms with Crippen molar-refractivity contribution in [3.8, 4) is 11.5 Å². The fourth-order valence-electron chi connectivity index (χ4n) is 2.48. The predicted molar refractivity (Wildman–Crippen MR) is 105 cm³/mol. The number of hydrazone groups is 1. The van der Waals surface area contributed by atoms with Gasteiger partial charge in [-0.3, -0.25) is 4.79 Å². The van der Waals surface area contributed by atoms with Crippen molar-refractivity contribution in [1.82, 2.24) is 5.43 Å². The van der Waals surface area contributed by atoms with Gasteiger partial charge in [0.05, 0.1) is 5.71 Å². The molecular weight excluding hydrogens is 340 g/mol. The maximum Gasteiger partial charge on any atom is 0.271 e. The van der Waals surface area contributed by atoms with Gasteiger partial charge in [0, 0.05) is 11.1 Å². The molecule has 2 N–H and O–H groups in total. The molecule has 5 heteroatoms. The van der Waals surface area contributed by atoms with Gasteiger partial charge in [-0.2, -0.15) is 5.10 Å². The van der Waals surface area contributed by atoms with E-state index in [1.165, 1.54) is 0 Å². The van der Waals surface area contributed by atoms with Crippen molar-refractivity contribution < 1.29 is 14.6 Å². The van der Waals surface area contributed by atoms with Gasteiger partial charge in [-0.05, 0) is 48.9 Å². The molecule has 3 rings (SSSR count). The third-order valence-corrected chi connectivity index (χ3v) is 3.98. The molecule has 0 spiro atoms. The van der Waals surface area contributed by atoms with Crippen molar-refractivity contribution in [1.29, 1.82) is 0 Å². The summed E-state index contributed by atoms with van der Waals surface area (Å²) in [5.74, 6) is 0.469. The molecule has 0 saturated carbocycles. The Morgan fingerprint density at radius 1 is 0.963 bits per heavy atom. The van der Waals surface area contributed by atoms with Crippen LogP contribution in [0.2, 0.25) is 0 Å². The fraction of sp³-hybridized carbons (Fsp3) is 0.0909. The van der Waals surface area contributed by atoms with Crippen LogP contribution in [0.5, 0.6) is 11.5 Å². The lowest BCUT2D eigenvalue weighted by Crippen LogP contribution is -2.19. The summed E-state index contributed by atoms with van der Waals surface area (Å²) >= 11 is 0. The van der Waals surface area contributed by atoms with E-state index in [9.17, 15) is 9.90 Å². The smallest absolute Gasteiger partial charge is 0.271 e. The molecule has 0 aliphatic rings. The number of carbonyl (C=O) groups is 1. The minimum Gasteiger partial charge on any atom is -0.507 e. The third-order valence-electron chi connectivity index (χ3n) is 3.98. The number of ether oxygens (including phenoxy) is 1. The number of para-hydroxylation sites is 1. The van der Waals surface area contributed by atoms with E-state index in [0.29, 0.717) is 29.2 Å². The molecule has 0 atom stereocenters. The van der Waals surface area contributed by atoms with E-state index in [4.69, 9.17) is 4.74 Å². The Bertz CT molecular complexity index is 935. The molecule has 0 saturated heterocycles. The Balaban J connectivity index is 1.59. The number of hydrogen-bond acceptors (Lipinski definition) is 4. The highest BCUT2D eigenvalue weighted by molar-refractivity contribution is 6.02. The van der Waals surface area contributed by atoms with Crippen LogP contribution in [0.4, 0.5) is 0 Å². The number of nitrogens with zero attached hydrogens (tertiary/aromatic N) is 1.